The molecule has 0 spiro atoms. The van der Waals surface area contributed by atoms with Gasteiger partial charge in [0.1, 0.15) is 6.54 Å². The van der Waals surface area contributed by atoms with Gasteiger partial charge in [0.15, 0.2) is 0 Å². The molecule has 0 radical (unpaired) electrons. The average Bonchev–Trinajstić information content (AvgIpc) is 2.98. The van der Waals surface area contributed by atoms with Crippen molar-refractivity contribution in [1.29, 1.82) is 0 Å². The Labute approximate surface area is 176 Å². The van der Waals surface area contributed by atoms with E-state index in [0.717, 1.165) is 42.7 Å². The van der Waals surface area contributed by atoms with Gasteiger partial charge in [-0.1, -0.05) is 36.4 Å². The molecule has 7 heteroatoms. The largest absolute Gasteiger partial charge is 0.370 e. The number of piperidine rings is 1. The van der Waals surface area contributed by atoms with Crippen molar-refractivity contribution in [2.45, 2.75) is 24.2 Å². The number of para-hydroxylation sites is 2. The number of amides is 1. The van der Waals surface area contributed by atoms with Crippen molar-refractivity contribution in [3.8, 4) is 0 Å². The molecule has 1 amide bonds. The molecule has 0 aliphatic carbocycles. The van der Waals surface area contributed by atoms with E-state index in [-0.39, 0.29) is 17.3 Å². The Morgan fingerprint density at radius 2 is 1.57 bits per heavy atom. The third kappa shape index (κ3) is 3.10. The standard InChI is InChI=1S/C23H23N3O3S/c27-22(24-18-10-2-3-11-19(18)25-14-4-1-5-15-25)16-26-20-12-6-8-17-9-7-13-21(23(17)20)30(26,28)29/h2-3,6-13H,1,4-5,14-16H2,(H,24,27). The SMILES string of the molecule is O=C(CN1c2cccc3cccc(c23)S1(=O)=O)Nc1ccccc1N1CCCCC1. The Kier molecular flexibility index (Phi) is 4.62. The van der Waals surface area contributed by atoms with E-state index in [9.17, 15) is 13.2 Å². The molecule has 2 aliphatic heterocycles. The highest BCUT2D eigenvalue weighted by Gasteiger charge is 2.36. The van der Waals surface area contributed by atoms with Crippen LogP contribution in [0.3, 0.4) is 0 Å². The number of benzene rings is 3. The highest BCUT2D eigenvalue weighted by Crippen LogP contribution is 2.41. The van der Waals surface area contributed by atoms with E-state index >= 15 is 0 Å². The fourth-order valence-electron chi connectivity index (χ4n) is 4.44. The molecule has 3 aromatic rings. The number of anilines is 3. The lowest BCUT2D eigenvalue weighted by Gasteiger charge is -2.30. The van der Waals surface area contributed by atoms with Crippen LogP contribution in [0.4, 0.5) is 17.1 Å². The molecule has 0 saturated carbocycles. The molecule has 1 saturated heterocycles. The zero-order valence-corrected chi connectivity index (χ0v) is 17.4. The third-order valence-electron chi connectivity index (χ3n) is 5.84. The lowest BCUT2D eigenvalue weighted by molar-refractivity contribution is -0.114. The number of rotatable bonds is 4. The average molecular weight is 422 g/mol. The van der Waals surface area contributed by atoms with Gasteiger partial charge < -0.3 is 10.2 Å². The highest BCUT2D eigenvalue weighted by atomic mass is 32.2. The molecule has 3 aromatic carbocycles. The molecular weight excluding hydrogens is 398 g/mol. The van der Waals surface area contributed by atoms with E-state index in [2.05, 4.69) is 10.2 Å². The fraction of sp³-hybridized carbons (Fsp3) is 0.261. The monoisotopic (exact) mass is 421 g/mol. The van der Waals surface area contributed by atoms with Crippen LogP contribution in [0, 0.1) is 0 Å². The summed E-state index contributed by atoms with van der Waals surface area (Å²) >= 11 is 0. The summed E-state index contributed by atoms with van der Waals surface area (Å²) in [5.74, 6) is -0.354. The molecular formula is C23H23N3O3S. The topological polar surface area (TPSA) is 69.7 Å². The maximum Gasteiger partial charge on any atom is 0.265 e. The molecule has 1 fully saturated rings. The number of nitrogens with one attached hydrogen (secondary N) is 1. The van der Waals surface area contributed by atoms with Crippen molar-refractivity contribution in [3.63, 3.8) is 0 Å². The zero-order chi connectivity index (χ0) is 20.7. The maximum atomic E-state index is 13.1. The molecule has 5 rings (SSSR count). The minimum atomic E-state index is -3.75. The number of carbonyl (C=O) groups is 1. The maximum absolute atomic E-state index is 13.1. The quantitative estimate of drug-likeness (QED) is 0.692. The van der Waals surface area contributed by atoms with Crippen molar-refractivity contribution in [2.75, 3.05) is 34.2 Å². The molecule has 1 N–H and O–H groups in total. The first kappa shape index (κ1) is 18.9. The predicted molar refractivity (Wildman–Crippen MR) is 120 cm³/mol. The Morgan fingerprint density at radius 1 is 0.867 bits per heavy atom. The van der Waals surface area contributed by atoms with E-state index in [1.165, 1.54) is 10.7 Å². The van der Waals surface area contributed by atoms with Gasteiger partial charge in [-0.3, -0.25) is 9.10 Å². The summed E-state index contributed by atoms with van der Waals surface area (Å²) < 4.78 is 27.4. The van der Waals surface area contributed by atoms with Crippen molar-refractivity contribution in [2.24, 2.45) is 0 Å². The first-order chi connectivity index (χ1) is 14.6. The Bertz CT molecular complexity index is 1230. The summed E-state index contributed by atoms with van der Waals surface area (Å²) in [5.41, 5.74) is 2.26. The first-order valence-electron chi connectivity index (χ1n) is 10.2. The lowest BCUT2D eigenvalue weighted by atomic mass is 10.1. The molecule has 2 aliphatic rings. The number of sulfonamides is 1. The van der Waals surface area contributed by atoms with Crippen LogP contribution in [0.25, 0.3) is 10.8 Å². The van der Waals surface area contributed by atoms with E-state index in [1.54, 1.807) is 18.2 Å². The number of hydrogen-bond acceptors (Lipinski definition) is 4. The predicted octanol–water partition coefficient (Wildman–Crippen LogP) is 3.98. The number of carbonyl (C=O) groups excluding carboxylic acids is 1. The summed E-state index contributed by atoms with van der Waals surface area (Å²) in [4.78, 5) is 15.5. The van der Waals surface area contributed by atoms with E-state index in [4.69, 9.17) is 0 Å². The smallest absolute Gasteiger partial charge is 0.265 e. The van der Waals surface area contributed by atoms with Gasteiger partial charge in [0.25, 0.3) is 10.0 Å². The summed E-state index contributed by atoms with van der Waals surface area (Å²) in [6, 6.07) is 18.4. The molecule has 0 bridgehead atoms. The van der Waals surface area contributed by atoms with Gasteiger partial charge in [-0.15, -0.1) is 0 Å². The second kappa shape index (κ2) is 7.32. The van der Waals surface area contributed by atoms with Crippen LogP contribution in [0.1, 0.15) is 19.3 Å². The van der Waals surface area contributed by atoms with Gasteiger partial charge in [0.2, 0.25) is 5.91 Å². The van der Waals surface area contributed by atoms with Crippen LogP contribution >= 0.6 is 0 Å². The Hall–Kier alpha value is -3.06. The lowest BCUT2D eigenvalue weighted by Crippen LogP contribution is -2.36. The minimum Gasteiger partial charge on any atom is -0.370 e. The fourth-order valence-corrected chi connectivity index (χ4v) is 6.11. The van der Waals surface area contributed by atoms with Gasteiger partial charge >= 0.3 is 0 Å². The minimum absolute atomic E-state index is 0.259. The molecule has 30 heavy (non-hydrogen) atoms. The Balaban J connectivity index is 1.42. The van der Waals surface area contributed by atoms with E-state index in [0.29, 0.717) is 11.1 Å². The molecule has 0 aromatic heterocycles. The summed E-state index contributed by atoms with van der Waals surface area (Å²) in [5, 5.41) is 4.48. The molecule has 0 atom stereocenters. The third-order valence-corrected chi connectivity index (χ3v) is 7.65. The van der Waals surface area contributed by atoms with Gasteiger partial charge in [0.05, 0.1) is 22.0 Å². The van der Waals surface area contributed by atoms with E-state index < -0.39 is 10.0 Å². The van der Waals surface area contributed by atoms with E-state index in [1.807, 2.05) is 42.5 Å². The summed E-state index contributed by atoms with van der Waals surface area (Å²) in [6.07, 6.45) is 3.50. The molecule has 6 nitrogen and oxygen atoms in total. The van der Waals surface area contributed by atoms with Crippen LogP contribution in [-0.4, -0.2) is 34.0 Å². The van der Waals surface area contributed by atoms with Gasteiger partial charge in [0, 0.05) is 18.5 Å². The van der Waals surface area contributed by atoms with Crippen molar-refractivity contribution < 1.29 is 13.2 Å². The van der Waals surface area contributed by atoms with Crippen molar-refractivity contribution in [1.82, 2.24) is 0 Å². The van der Waals surface area contributed by atoms with Crippen LogP contribution in [0.5, 0.6) is 0 Å². The zero-order valence-electron chi connectivity index (χ0n) is 16.5. The Morgan fingerprint density at radius 3 is 2.37 bits per heavy atom. The van der Waals surface area contributed by atoms with Crippen molar-refractivity contribution in [3.05, 3.63) is 60.7 Å². The van der Waals surface area contributed by atoms with Gasteiger partial charge in [-0.2, -0.15) is 0 Å². The summed E-state index contributed by atoms with van der Waals surface area (Å²) in [6.45, 7) is 1.67. The van der Waals surface area contributed by atoms with Crippen LogP contribution in [-0.2, 0) is 14.8 Å². The van der Waals surface area contributed by atoms with Crippen molar-refractivity contribution >= 4 is 43.8 Å². The first-order valence-corrected chi connectivity index (χ1v) is 11.7. The van der Waals surface area contributed by atoms with Crippen LogP contribution in [0.2, 0.25) is 0 Å². The van der Waals surface area contributed by atoms with Crippen LogP contribution in [0.15, 0.2) is 65.6 Å². The highest BCUT2D eigenvalue weighted by molar-refractivity contribution is 7.93. The van der Waals surface area contributed by atoms with Gasteiger partial charge in [-0.25, -0.2) is 8.42 Å². The van der Waals surface area contributed by atoms with Gasteiger partial charge in [-0.05, 0) is 48.9 Å². The molecule has 154 valence electrons. The number of nitrogens with zero attached hydrogens (tertiary/aromatic N) is 2. The molecule has 2 heterocycles. The van der Waals surface area contributed by atoms with Crippen LogP contribution < -0.4 is 14.5 Å². The number of hydrogen-bond donors (Lipinski definition) is 1. The second-order valence-electron chi connectivity index (χ2n) is 7.76. The normalized spacial score (nSPS) is 17.3. The molecule has 0 unspecified atom stereocenters. The second-order valence-corrected chi connectivity index (χ2v) is 9.59. The summed E-state index contributed by atoms with van der Waals surface area (Å²) in [7, 11) is -3.75.